The Morgan fingerprint density at radius 1 is 1.11 bits per heavy atom. The van der Waals surface area contributed by atoms with Crippen LogP contribution in [0.4, 0.5) is 0 Å². The molecule has 0 aromatic carbocycles. The lowest BCUT2D eigenvalue weighted by Crippen LogP contribution is -2.55. The normalized spacial score (nSPS) is 51.7. The standard InChI is InChI=1S/C16H24O3/c17-14(18)9-15(1-2-19-10-15)16-6-11-3-12(7-16)5-13(4-11)8-16/h11-13H,1-10H2,(H,17,18). The van der Waals surface area contributed by atoms with Crippen LogP contribution in [0, 0.1) is 28.6 Å². The zero-order valence-electron chi connectivity index (χ0n) is 11.6. The molecule has 5 rings (SSSR count). The topological polar surface area (TPSA) is 46.5 Å². The Balaban J connectivity index is 1.70. The molecule has 1 aliphatic heterocycles. The zero-order chi connectivity index (χ0) is 13.1. The molecule has 5 aliphatic rings. The number of ether oxygens (including phenoxy) is 1. The molecule has 1 heterocycles. The number of hydrogen-bond acceptors (Lipinski definition) is 2. The number of carbonyl (C=O) groups is 1. The van der Waals surface area contributed by atoms with Gasteiger partial charge in [0.15, 0.2) is 0 Å². The van der Waals surface area contributed by atoms with Crippen molar-refractivity contribution in [2.45, 2.75) is 51.4 Å². The molecule has 0 aromatic heterocycles. The summed E-state index contributed by atoms with van der Waals surface area (Å²) in [5.74, 6) is 2.04. The highest BCUT2D eigenvalue weighted by atomic mass is 16.5. The van der Waals surface area contributed by atoms with Crippen molar-refractivity contribution >= 4 is 5.97 Å². The van der Waals surface area contributed by atoms with Crippen molar-refractivity contribution in [2.75, 3.05) is 13.2 Å². The molecule has 0 radical (unpaired) electrons. The summed E-state index contributed by atoms with van der Waals surface area (Å²) < 4.78 is 5.69. The van der Waals surface area contributed by atoms with E-state index in [1.54, 1.807) is 0 Å². The Kier molecular flexibility index (Phi) is 2.55. The summed E-state index contributed by atoms with van der Waals surface area (Å²) in [5.41, 5.74) is 0.255. The van der Waals surface area contributed by atoms with Crippen LogP contribution in [0.1, 0.15) is 51.4 Å². The van der Waals surface area contributed by atoms with Crippen molar-refractivity contribution in [3.63, 3.8) is 0 Å². The number of carboxylic acids is 1. The molecule has 5 fully saturated rings. The molecule has 0 aromatic rings. The van der Waals surface area contributed by atoms with Crippen LogP contribution in [0.25, 0.3) is 0 Å². The fourth-order valence-electron chi connectivity index (χ4n) is 6.40. The Morgan fingerprint density at radius 2 is 1.68 bits per heavy atom. The lowest BCUT2D eigenvalue weighted by molar-refractivity contribution is -0.159. The van der Waals surface area contributed by atoms with E-state index in [0.717, 1.165) is 30.8 Å². The largest absolute Gasteiger partial charge is 0.481 e. The summed E-state index contributed by atoms with van der Waals surface area (Å²) >= 11 is 0. The quantitative estimate of drug-likeness (QED) is 0.852. The minimum atomic E-state index is -0.624. The first kappa shape index (κ1) is 12.2. The highest BCUT2D eigenvalue weighted by Crippen LogP contribution is 2.68. The lowest BCUT2D eigenvalue weighted by Gasteiger charge is -2.62. The molecule has 1 saturated heterocycles. The molecule has 3 nitrogen and oxygen atoms in total. The summed E-state index contributed by atoms with van der Waals surface area (Å²) in [5, 5.41) is 9.39. The molecule has 4 bridgehead atoms. The third-order valence-electron chi connectivity index (χ3n) is 6.76. The van der Waals surface area contributed by atoms with E-state index < -0.39 is 5.97 Å². The van der Waals surface area contributed by atoms with Crippen molar-refractivity contribution < 1.29 is 14.6 Å². The van der Waals surface area contributed by atoms with Gasteiger partial charge in [0, 0.05) is 12.0 Å². The van der Waals surface area contributed by atoms with Crippen molar-refractivity contribution in [3.8, 4) is 0 Å². The fraction of sp³-hybridized carbons (Fsp3) is 0.938. The highest BCUT2D eigenvalue weighted by molar-refractivity contribution is 5.68. The van der Waals surface area contributed by atoms with Crippen LogP contribution in [-0.4, -0.2) is 24.3 Å². The first-order valence-electron chi connectivity index (χ1n) is 7.90. The molecule has 19 heavy (non-hydrogen) atoms. The first-order chi connectivity index (χ1) is 9.11. The van der Waals surface area contributed by atoms with E-state index >= 15 is 0 Å². The SMILES string of the molecule is O=C(O)CC1(C23CC4CC(CC(C4)C2)C3)CCOC1. The van der Waals surface area contributed by atoms with Crippen LogP contribution in [0.3, 0.4) is 0 Å². The van der Waals surface area contributed by atoms with Crippen molar-refractivity contribution in [2.24, 2.45) is 28.6 Å². The maximum Gasteiger partial charge on any atom is 0.304 e. The first-order valence-corrected chi connectivity index (χ1v) is 7.90. The Morgan fingerprint density at radius 3 is 2.11 bits per heavy atom. The maximum atomic E-state index is 11.4. The highest BCUT2D eigenvalue weighted by Gasteiger charge is 2.61. The second-order valence-electron chi connectivity index (χ2n) is 7.85. The third-order valence-corrected chi connectivity index (χ3v) is 6.76. The van der Waals surface area contributed by atoms with Gasteiger partial charge in [0.25, 0.3) is 0 Å². The van der Waals surface area contributed by atoms with E-state index in [4.69, 9.17) is 4.74 Å². The van der Waals surface area contributed by atoms with E-state index in [0.29, 0.717) is 18.4 Å². The monoisotopic (exact) mass is 264 g/mol. The number of hydrogen-bond donors (Lipinski definition) is 1. The average molecular weight is 264 g/mol. The molecule has 1 N–H and O–H groups in total. The van der Waals surface area contributed by atoms with E-state index in [2.05, 4.69) is 0 Å². The number of rotatable bonds is 3. The van der Waals surface area contributed by atoms with E-state index in [9.17, 15) is 9.90 Å². The van der Waals surface area contributed by atoms with Gasteiger partial charge in [-0.1, -0.05) is 0 Å². The minimum Gasteiger partial charge on any atom is -0.481 e. The van der Waals surface area contributed by atoms with Gasteiger partial charge in [-0.05, 0) is 68.1 Å². The molecular weight excluding hydrogens is 240 g/mol. The molecule has 1 unspecified atom stereocenters. The summed E-state index contributed by atoms with van der Waals surface area (Å²) in [6.45, 7) is 1.47. The molecule has 106 valence electrons. The Labute approximate surface area is 114 Å². The molecular formula is C16H24O3. The van der Waals surface area contributed by atoms with Crippen molar-refractivity contribution in [1.29, 1.82) is 0 Å². The summed E-state index contributed by atoms with van der Waals surface area (Å²) in [6.07, 6.45) is 9.43. The van der Waals surface area contributed by atoms with Gasteiger partial charge >= 0.3 is 5.97 Å². The van der Waals surface area contributed by atoms with Crippen LogP contribution in [0.15, 0.2) is 0 Å². The summed E-state index contributed by atoms with van der Waals surface area (Å²) in [7, 11) is 0. The van der Waals surface area contributed by atoms with Crippen molar-refractivity contribution in [3.05, 3.63) is 0 Å². The molecule has 0 spiro atoms. The van der Waals surface area contributed by atoms with Gasteiger partial charge in [-0.15, -0.1) is 0 Å². The predicted octanol–water partition coefficient (Wildman–Crippen LogP) is 3.08. The minimum absolute atomic E-state index is 0.0468. The van der Waals surface area contributed by atoms with Crippen LogP contribution in [-0.2, 0) is 9.53 Å². The lowest BCUT2D eigenvalue weighted by atomic mass is 9.42. The van der Waals surface area contributed by atoms with Crippen LogP contribution < -0.4 is 0 Å². The van der Waals surface area contributed by atoms with Gasteiger partial charge in [0.1, 0.15) is 0 Å². The second-order valence-corrected chi connectivity index (χ2v) is 7.85. The fourth-order valence-corrected chi connectivity index (χ4v) is 6.40. The summed E-state index contributed by atoms with van der Waals surface area (Å²) in [6, 6.07) is 0. The van der Waals surface area contributed by atoms with Gasteiger partial charge in [0.05, 0.1) is 13.0 Å². The van der Waals surface area contributed by atoms with Crippen molar-refractivity contribution in [1.82, 2.24) is 0 Å². The second kappa shape index (κ2) is 3.97. The zero-order valence-corrected chi connectivity index (χ0v) is 11.6. The van der Waals surface area contributed by atoms with E-state index in [1.165, 1.54) is 38.5 Å². The van der Waals surface area contributed by atoms with E-state index in [1.807, 2.05) is 0 Å². The van der Waals surface area contributed by atoms with Gasteiger partial charge in [-0.25, -0.2) is 0 Å². The number of aliphatic carboxylic acids is 1. The van der Waals surface area contributed by atoms with Crippen LogP contribution in [0.2, 0.25) is 0 Å². The van der Waals surface area contributed by atoms with Gasteiger partial charge < -0.3 is 9.84 Å². The predicted molar refractivity (Wildman–Crippen MR) is 70.7 cm³/mol. The molecule has 4 saturated carbocycles. The molecule has 1 atom stereocenters. The average Bonchev–Trinajstić information content (AvgIpc) is 2.76. The van der Waals surface area contributed by atoms with Crippen LogP contribution >= 0.6 is 0 Å². The summed E-state index contributed by atoms with van der Waals surface area (Å²) in [4.78, 5) is 11.4. The number of carboxylic acid groups (broad SMARTS) is 1. The third kappa shape index (κ3) is 1.70. The van der Waals surface area contributed by atoms with E-state index in [-0.39, 0.29) is 5.41 Å². The smallest absolute Gasteiger partial charge is 0.304 e. The van der Waals surface area contributed by atoms with Gasteiger partial charge in [-0.2, -0.15) is 0 Å². The van der Waals surface area contributed by atoms with Gasteiger partial charge in [0.2, 0.25) is 0 Å². The molecule has 0 amide bonds. The Bertz CT molecular complexity index is 360. The molecule has 3 heteroatoms. The van der Waals surface area contributed by atoms with Crippen LogP contribution in [0.5, 0.6) is 0 Å². The van der Waals surface area contributed by atoms with Gasteiger partial charge in [-0.3, -0.25) is 4.79 Å². The maximum absolute atomic E-state index is 11.4. The Hall–Kier alpha value is -0.570. The molecule has 4 aliphatic carbocycles.